The van der Waals surface area contributed by atoms with Crippen molar-refractivity contribution in [3.05, 3.63) is 40.8 Å². The van der Waals surface area contributed by atoms with Crippen LogP contribution in [-0.4, -0.2) is 23.9 Å². The molecule has 0 aromatic heterocycles. The van der Waals surface area contributed by atoms with Crippen molar-refractivity contribution in [2.24, 2.45) is 11.1 Å². The Bertz CT molecular complexity index is 378. The van der Waals surface area contributed by atoms with Crippen LogP contribution in [0.2, 0.25) is 0 Å². The molecule has 1 aromatic carbocycles. The summed E-state index contributed by atoms with van der Waals surface area (Å²) in [5, 5.41) is 2.50. The molecule has 1 atom stereocenters. The first-order valence-corrected chi connectivity index (χ1v) is 5.43. The minimum Gasteiger partial charge on any atom is -0.298 e. The second-order valence-electron chi connectivity index (χ2n) is 4.14. The molecule has 1 aliphatic heterocycles. The SMILES string of the molecule is O=NC(=O)C1CCN(Cc2ccccc2)C1. The van der Waals surface area contributed by atoms with E-state index in [4.69, 9.17) is 0 Å². The summed E-state index contributed by atoms with van der Waals surface area (Å²) in [7, 11) is 0. The van der Waals surface area contributed by atoms with E-state index in [1.165, 1.54) is 5.56 Å². The van der Waals surface area contributed by atoms with E-state index < -0.39 is 5.91 Å². The van der Waals surface area contributed by atoms with Gasteiger partial charge in [0.05, 0.1) is 5.92 Å². The van der Waals surface area contributed by atoms with Gasteiger partial charge in [0, 0.05) is 18.3 Å². The average molecular weight is 218 g/mol. The minimum absolute atomic E-state index is 0.193. The number of hydrogen-bond donors (Lipinski definition) is 0. The van der Waals surface area contributed by atoms with Crippen LogP contribution in [0.1, 0.15) is 12.0 Å². The van der Waals surface area contributed by atoms with Gasteiger partial charge in [-0.1, -0.05) is 30.3 Å². The van der Waals surface area contributed by atoms with E-state index in [0.29, 0.717) is 6.54 Å². The third kappa shape index (κ3) is 2.52. The molecule has 1 aromatic rings. The first-order valence-electron chi connectivity index (χ1n) is 5.43. The van der Waals surface area contributed by atoms with Crippen molar-refractivity contribution in [1.82, 2.24) is 4.90 Å². The van der Waals surface area contributed by atoms with E-state index >= 15 is 0 Å². The highest BCUT2D eigenvalue weighted by molar-refractivity contribution is 5.79. The first kappa shape index (κ1) is 11.0. The molecule has 1 amide bonds. The van der Waals surface area contributed by atoms with Gasteiger partial charge in [-0.2, -0.15) is 0 Å². The molecule has 0 aliphatic carbocycles. The van der Waals surface area contributed by atoms with Crippen LogP contribution < -0.4 is 0 Å². The molecule has 1 heterocycles. The number of nitrogens with zero attached hydrogens (tertiary/aromatic N) is 2. The van der Waals surface area contributed by atoms with Crippen LogP contribution in [-0.2, 0) is 11.3 Å². The maximum atomic E-state index is 11.1. The maximum Gasteiger partial charge on any atom is 0.290 e. The van der Waals surface area contributed by atoms with E-state index in [2.05, 4.69) is 22.2 Å². The second kappa shape index (κ2) is 4.99. The minimum atomic E-state index is -0.504. The lowest BCUT2D eigenvalue weighted by atomic mass is 10.1. The third-order valence-electron chi connectivity index (χ3n) is 2.96. The molecule has 1 fully saturated rings. The van der Waals surface area contributed by atoms with Crippen LogP contribution in [0.4, 0.5) is 0 Å². The number of carbonyl (C=O) groups is 1. The smallest absolute Gasteiger partial charge is 0.290 e. The molecule has 1 aliphatic rings. The van der Waals surface area contributed by atoms with Crippen molar-refractivity contribution in [2.45, 2.75) is 13.0 Å². The number of nitroso groups, excluding NO2 is 1. The van der Waals surface area contributed by atoms with Gasteiger partial charge in [0.15, 0.2) is 0 Å². The summed E-state index contributed by atoms with van der Waals surface area (Å²) in [5.41, 5.74) is 1.23. The van der Waals surface area contributed by atoms with Crippen LogP contribution in [0.15, 0.2) is 35.5 Å². The molecule has 0 saturated carbocycles. The van der Waals surface area contributed by atoms with E-state index in [1.54, 1.807) is 0 Å². The van der Waals surface area contributed by atoms with Gasteiger partial charge in [-0.05, 0) is 18.5 Å². The predicted molar refractivity (Wildman–Crippen MR) is 60.6 cm³/mol. The van der Waals surface area contributed by atoms with Gasteiger partial charge in [0.25, 0.3) is 5.91 Å². The molecule has 2 rings (SSSR count). The summed E-state index contributed by atoms with van der Waals surface area (Å²) < 4.78 is 0. The van der Waals surface area contributed by atoms with Crippen LogP contribution in [0.25, 0.3) is 0 Å². The van der Waals surface area contributed by atoms with Gasteiger partial charge in [-0.25, -0.2) is 0 Å². The van der Waals surface area contributed by atoms with Gasteiger partial charge in [-0.15, -0.1) is 4.91 Å². The number of carbonyl (C=O) groups excluding carboxylic acids is 1. The molecular formula is C12H14N2O2. The number of hydrogen-bond acceptors (Lipinski definition) is 3. The Labute approximate surface area is 94.2 Å². The summed E-state index contributed by atoms with van der Waals surface area (Å²) in [6.45, 7) is 2.35. The summed E-state index contributed by atoms with van der Waals surface area (Å²) >= 11 is 0. The van der Waals surface area contributed by atoms with E-state index in [0.717, 1.165) is 19.5 Å². The quantitative estimate of drug-likeness (QED) is 0.727. The Morgan fingerprint density at radius 1 is 1.38 bits per heavy atom. The lowest BCUT2D eigenvalue weighted by Gasteiger charge is -2.14. The van der Waals surface area contributed by atoms with Gasteiger partial charge in [0.2, 0.25) is 0 Å². The van der Waals surface area contributed by atoms with Gasteiger partial charge in [0.1, 0.15) is 0 Å². The summed E-state index contributed by atoms with van der Waals surface area (Å²) in [6.07, 6.45) is 0.747. The van der Waals surface area contributed by atoms with Gasteiger partial charge >= 0.3 is 0 Å². The molecule has 4 heteroatoms. The van der Waals surface area contributed by atoms with Crippen molar-refractivity contribution >= 4 is 5.91 Å². The van der Waals surface area contributed by atoms with Crippen LogP contribution in [0.5, 0.6) is 0 Å². The van der Waals surface area contributed by atoms with Crippen LogP contribution in [0, 0.1) is 10.8 Å². The average Bonchev–Trinajstić information content (AvgIpc) is 2.78. The molecule has 0 spiro atoms. The first-order chi connectivity index (χ1) is 7.79. The Morgan fingerprint density at radius 2 is 2.12 bits per heavy atom. The lowest BCUT2D eigenvalue weighted by Crippen LogP contribution is -2.22. The van der Waals surface area contributed by atoms with Crippen LogP contribution in [0.3, 0.4) is 0 Å². The Kier molecular flexibility index (Phi) is 3.41. The zero-order chi connectivity index (χ0) is 11.4. The maximum absolute atomic E-state index is 11.1. The zero-order valence-corrected chi connectivity index (χ0v) is 9.00. The van der Waals surface area contributed by atoms with E-state index in [9.17, 15) is 9.70 Å². The highest BCUT2D eigenvalue weighted by Gasteiger charge is 2.28. The fourth-order valence-corrected chi connectivity index (χ4v) is 2.09. The molecule has 0 radical (unpaired) electrons. The van der Waals surface area contributed by atoms with Crippen molar-refractivity contribution < 1.29 is 4.79 Å². The molecule has 0 N–H and O–H groups in total. The van der Waals surface area contributed by atoms with Crippen molar-refractivity contribution in [2.75, 3.05) is 13.1 Å². The fourth-order valence-electron chi connectivity index (χ4n) is 2.09. The predicted octanol–water partition coefficient (Wildman–Crippen LogP) is 1.80. The number of rotatable bonds is 3. The number of likely N-dealkylation sites (tertiary alicyclic amines) is 1. The summed E-state index contributed by atoms with van der Waals surface area (Å²) in [5.74, 6) is -0.697. The summed E-state index contributed by atoms with van der Waals surface area (Å²) in [4.78, 5) is 23.4. The molecule has 1 unspecified atom stereocenters. The van der Waals surface area contributed by atoms with Crippen molar-refractivity contribution in [3.8, 4) is 0 Å². The van der Waals surface area contributed by atoms with E-state index in [1.807, 2.05) is 18.2 Å². The third-order valence-corrected chi connectivity index (χ3v) is 2.96. The largest absolute Gasteiger partial charge is 0.298 e. The Morgan fingerprint density at radius 3 is 2.81 bits per heavy atom. The van der Waals surface area contributed by atoms with E-state index in [-0.39, 0.29) is 5.92 Å². The molecule has 84 valence electrons. The van der Waals surface area contributed by atoms with Gasteiger partial charge in [-0.3, -0.25) is 9.69 Å². The lowest BCUT2D eigenvalue weighted by molar-refractivity contribution is -0.121. The monoisotopic (exact) mass is 218 g/mol. The molecular weight excluding hydrogens is 204 g/mol. The second-order valence-corrected chi connectivity index (χ2v) is 4.14. The molecule has 16 heavy (non-hydrogen) atoms. The summed E-state index contributed by atoms with van der Waals surface area (Å²) in [6, 6.07) is 10.1. The highest BCUT2D eigenvalue weighted by atomic mass is 16.3. The molecule has 0 bridgehead atoms. The standard InChI is InChI=1S/C12H14N2O2/c15-12(13-16)11-6-7-14(9-11)8-10-4-2-1-3-5-10/h1-5,11H,6-9H2. The normalized spacial score (nSPS) is 20.9. The molecule has 4 nitrogen and oxygen atoms in total. The highest BCUT2D eigenvalue weighted by Crippen LogP contribution is 2.19. The van der Waals surface area contributed by atoms with Crippen molar-refractivity contribution in [1.29, 1.82) is 0 Å². The zero-order valence-electron chi connectivity index (χ0n) is 9.00. The van der Waals surface area contributed by atoms with Crippen molar-refractivity contribution in [3.63, 3.8) is 0 Å². The fraction of sp³-hybridized carbons (Fsp3) is 0.417. The Hall–Kier alpha value is -1.55. The number of benzene rings is 1. The van der Waals surface area contributed by atoms with Gasteiger partial charge < -0.3 is 0 Å². The number of amides is 1. The van der Waals surface area contributed by atoms with Crippen LogP contribution >= 0.6 is 0 Å². The Balaban J connectivity index is 1.90. The molecule has 1 saturated heterocycles. The topological polar surface area (TPSA) is 49.7 Å².